The highest BCUT2D eigenvalue weighted by molar-refractivity contribution is 6.32. The molecule has 1 heterocycles. The summed E-state index contributed by atoms with van der Waals surface area (Å²) in [5.41, 5.74) is 8.02. The third-order valence-corrected chi connectivity index (χ3v) is 2.90. The molecule has 0 radical (unpaired) electrons. The highest BCUT2D eigenvalue weighted by atomic mass is 35.5. The quantitative estimate of drug-likeness (QED) is 0.877. The van der Waals surface area contributed by atoms with Crippen LogP contribution in [0.1, 0.15) is 17.3 Å². The minimum atomic E-state index is -0.121. The summed E-state index contributed by atoms with van der Waals surface area (Å²) < 4.78 is 5.16. The van der Waals surface area contributed by atoms with Gasteiger partial charge in [-0.25, -0.2) is 4.98 Å². The van der Waals surface area contributed by atoms with Crippen molar-refractivity contribution in [2.45, 2.75) is 12.5 Å². The fourth-order valence-electron chi connectivity index (χ4n) is 1.65. The topological polar surface area (TPSA) is 63.9 Å². The van der Waals surface area contributed by atoms with Gasteiger partial charge < -0.3 is 15.5 Å². The first-order valence-corrected chi connectivity index (χ1v) is 5.65. The van der Waals surface area contributed by atoms with E-state index >= 15 is 0 Å². The van der Waals surface area contributed by atoms with E-state index in [-0.39, 0.29) is 6.04 Å². The summed E-state index contributed by atoms with van der Waals surface area (Å²) in [5.74, 6) is 0.640. The van der Waals surface area contributed by atoms with Gasteiger partial charge in [-0.05, 0) is 17.7 Å². The van der Waals surface area contributed by atoms with Gasteiger partial charge in [-0.2, -0.15) is 0 Å². The minimum Gasteiger partial charge on any atom is -0.495 e. The maximum Gasteiger partial charge on any atom is 0.137 e. The molecule has 0 bridgehead atoms. The number of halogens is 1. The van der Waals surface area contributed by atoms with Crippen molar-refractivity contribution in [2.75, 3.05) is 7.11 Å². The normalized spacial score (nSPS) is 12.4. The van der Waals surface area contributed by atoms with Gasteiger partial charge in [-0.15, -0.1) is 0 Å². The van der Waals surface area contributed by atoms with Gasteiger partial charge in [0.25, 0.3) is 0 Å². The molecule has 0 spiro atoms. The molecular formula is C12H14ClN3O. The van der Waals surface area contributed by atoms with Crippen molar-refractivity contribution < 1.29 is 4.74 Å². The Kier molecular flexibility index (Phi) is 3.66. The first-order chi connectivity index (χ1) is 8.20. The number of aromatic nitrogens is 2. The van der Waals surface area contributed by atoms with Crippen LogP contribution in [0.5, 0.6) is 5.75 Å². The number of aromatic amines is 1. The maximum absolute atomic E-state index is 6.11. The lowest BCUT2D eigenvalue weighted by Gasteiger charge is -2.12. The van der Waals surface area contributed by atoms with Crippen molar-refractivity contribution in [1.82, 2.24) is 9.97 Å². The smallest absolute Gasteiger partial charge is 0.137 e. The summed E-state index contributed by atoms with van der Waals surface area (Å²) in [5, 5.41) is 0.586. The number of imidazole rings is 1. The second-order valence-electron chi connectivity index (χ2n) is 3.77. The number of benzene rings is 1. The molecule has 0 fully saturated rings. The van der Waals surface area contributed by atoms with Gasteiger partial charge in [0.1, 0.15) is 5.75 Å². The number of rotatable bonds is 4. The molecule has 1 aromatic heterocycles. The van der Waals surface area contributed by atoms with Crippen LogP contribution in [-0.4, -0.2) is 17.1 Å². The lowest BCUT2D eigenvalue weighted by Crippen LogP contribution is -2.13. The molecule has 4 nitrogen and oxygen atoms in total. The van der Waals surface area contributed by atoms with Crippen molar-refractivity contribution in [2.24, 2.45) is 5.73 Å². The summed E-state index contributed by atoms with van der Waals surface area (Å²) in [7, 11) is 1.59. The van der Waals surface area contributed by atoms with Gasteiger partial charge in [-0.1, -0.05) is 17.7 Å². The van der Waals surface area contributed by atoms with Crippen molar-refractivity contribution in [1.29, 1.82) is 0 Å². The zero-order chi connectivity index (χ0) is 12.3. The average Bonchev–Trinajstić information content (AvgIpc) is 2.82. The first kappa shape index (κ1) is 12.0. The number of H-pyrrole nitrogens is 1. The predicted molar refractivity (Wildman–Crippen MR) is 67.2 cm³/mol. The summed E-state index contributed by atoms with van der Waals surface area (Å²) in [4.78, 5) is 7.05. The van der Waals surface area contributed by atoms with Crippen molar-refractivity contribution in [3.05, 3.63) is 47.0 Å². The van der Waals surface area contributed by atoms with Crippen molar-refractivity contribution in [3.8, 4) is 5.75 Å². The van der Waals surface area contributed by atoms with E-state index in [4.69, 9.17) is 22.1 Å². The Morgan fingerprint density at radius 3 is 3.00 bits per heavy atom. The van der Waals surface area contributed by atoms with Crippen LogP contribution in [0.3, 0.4) is 0 Å². The minimum absolute atomic E-state index is 0.121. The molecule has 0 aliphatic heterocycles. The van der Waals surface area contributed by atoms with Gasteiger partial charge >= 0.3 is 0 Å². The molecular weight excluding hydrogens is 238 g/mol. The molecule has 0 aliphatic carbocycles. The average molecular weight is 252 g/mol. The number of ether oxygens (including phenoxy) is 1. The van der Waals surface area contributed by atoms with Crippen LogP contribution in [0.2, 0.25) is 5.02 Å². The van der Waals surface area contributed by atoms with Crippen LogP contribution in [0.25, 0.3) is 0 Å². The maximum atomic E-state index is 6.11. The summed E-state index contributed by atoms with van der Waals surface area (Å²) in [6.45, 7) is 0. The molecule has 1 unspecified atom stereocenters. The fourth-order valence-corrected chi connectivity index (χ4v) is 1.85. The van der Waals surface area contributed by atoms with Crippen LogP contribution in [-0.2, 0) is 6.42 Å². The van der Waals surface area contributed by atoms with Gasteiger partial charge in [0.2, 0.25) is 0 Å². The zero-order valence-corrected chi connectivity index (χ0v) is 10.2. The van der Waals surface area contributed by atoms with Crippen LogP contribution in [0, 0.1) is 0 Å². The Bertz CT molecular complexity index is 485. The summed E-state index contributed by atoms with van der Waals surface area (Å²) in [6, 6.07) is 5.44. The van der Waals surface area contributed by atoms with Crippen LogP contribution in [0.4, 0.5) is 0 Å². The number of nitrogens with one attached hydrogen (secondary N) is 1. The molecule has 0 amide bonds. The molecule has 2 aromatic rings. The molecule has 17 heavy (non-hydrogen) atoms. The Labute approximate surface area is 105 Å². The first-order valence-electron chi connectivity index (χ1n) is 5.27. The monoisotopic (exact) mass is 251 g/mol. The molecule has 5 heteroatoms. The highest BCUT2D eigenvalue weighted by Crippen LogP contribution is 2.27. The Hall–Kier alpha value is -1.52. The second kappa shape index (κ2) is 5.21. The third-order valence-electron chi connectivity index (χ3n) is 2.59. The molecule has 3 N–H and O–H groups in total. The molecule has 2 rings (SSSR count). The largest absolute Gasteiger partial charge is 0.495 e. The third kappa shape index (κ3) is 2.78. The fraction of sp³-hybridized carbons (Fsp3) is 0.250. The number of hydrogen-bond donors (Lipinski definition) is 2. The van der Waals surface area contributed by atoms with E-state index in [1.807, 2.05) is 18.3 Å². The number of nitrogens with zero attached hydrogens (tertiary/aromatic N) is 1. The predicted octanol–water partition coefficient (Wildman–Crippen LogP) is 2.31. The number of methoxy groups -OCH3 is 1. The van der Waals surface area contributed by atoms with E-state index < -0.39 is 0 Å². The van der Waals surface area contributed by atoms with E-state index in [2.05, 4.69) is 9.97 Å². The number of hydrogen-bond acceptors (Lipinski definition) is 3. The van der Waals surface area contributed by atoms with Gasteiger partial charge in [0.05, 0.1) is 24.2 Å². The van der Waals surface area contributed by atoms with Crippen LogP contribution >= 0.6 is 11.6 Å². The van der Waals surface area contributed by atoms with E-state index in [1.54, 1.807) is 19.5 Å². The van der Waals surface area contributed by atoms with E-state index in [9.17, 15) is 0 Å². The van der Waals surface area contributed by atoms with Gasteiger partial charge in [-0.3, -0.25) is 0 Å². The zero-order valence-electron chi connectivity index (χ0n) is 9.48. The molecule has 0 saturated carbocycles. The highest BCUT2D eigenvalue weighted by Gasteiger charge is 2.11. The molecule has 1 atom stereocenters. The van der Waals surface area contributed by atoms with Gasteiger partial charge in [0.15, 0.2) is 0 Å². The lowest BCUT2D eigenvalue weighted by atomic mass is 10.0. The Balaban J connectivity index is 2.16. The van der Waals surface area contributed by atoms with E-state index in [1.165, 1.54) is 0 Å². The summed E-state index contributed by atoms with van der Waals surface area (Å²) >= 11 is 5.96. The molecule has 0 saturated heterocycles. The Morgan fingerprint density at radius 2 is 2.35 bits per heavy atom. The Morgan fingerprint density at radius 1 is 1.53 bits per heavy atom. The van der Waals surface area contributed by atoms with Crippen molar-refractivity contribution in [3.63, 3.8) is 0 Å². The summed E-state index contributed by atoms with van der Waals surface area (Å²) in [6.07, 6.45) is 4.16. The van der Waals surface area contributed by atoms with Gasteiger partial charge in [0, 0.05) is 18.7 Å². The standard InChI is InChI=1S/C12H14ClN3O/c1-17-12-4-8(2-3-10(12)13)11(14)5-9-6-15-7-16-9/h2-4,6-7,11H,5,14H2,1H3,(H,15,16). The molecule has 0 aliphatic rings. The van der Waals surface area contributed by atoms with Crippen LogP contribution < -0.4 is 10.5 Å². The molecule has 90 valence electrons. The lowest BCUT2D eigenvalue weighted by molar-refractivity contribution is 0.414. The molecule has 1 aromatic carbocycles. The second-order valence-corrected chi connectivity index (χ2v) is 4.17. The van der Waals surface area contributed by atoms with E-state index in [0.717, 1.165) is 11.3 Å². The SMILES string of the molecule is COc1cc(C(N)Cc2c[nH]cn2)ccc1Cl. The number of nitrogens with two attached hydrogens (primary N) is 1. The van der Waals surface area contributed by atoms with Crippen LogP contribution in [0.15, 0.2) is 30.7 Å². The van der Waals surface area contributed by atoms with Crippen molar-refractivity contribution >= 4 is 11.6 Å². The van der Waals surface area contributed by atoms with E-state index in [0.29, 0.717) is 17.2 Å².